The van der Waals surface area contributed by atoms with E-state index in [0.29, 0.717) is 11.0 Å². The van der Waals surface area contributed by atoms with Crippen LogP contribution in [0.4, 0.5) is 42.5 Å². The fourth-order valence-electron chi connectivity index (χ4n) is 2.17. The molecule has 0 saturated heterocycles. The molecule has 0 aliphatic rings. The Kier molecular flexibility index (Phi) is 7.17. The number of halogens is 6. The van der Waals surface area contributed by atoms with E-state index in [2.05, 4.69) is 10.2 Å². The van der Waals surface area contributed by atoms with Gasteiger partial charge in [-0.1, -0.05) is 6.07 Å². The van der Waals surface area contributed by atoms with Gasteiger partial charge in [0, 0.05) is 18.8 Å². The third-order valence-corrected chi connectivity index (χ3v) is 3.19. The molecule has 1 aromatic rings. The first-order valence-corrected chi connectivity index (χ1v) is 7.99. The Hall–Kier alpha value is -2.64. The zero-order valence-corrected chi connectivity index (χ0v) is 15.3. The lowest BCUT2D eigenvalue weighted by Crippen LogP contribution is -2.41. The smallest absolute Gasteiger partial charge is 0.407 e. The van der Waals surface area contributed by atoms with E-state index in [-0.39, 0.29) is 12.2 Å². The first-order valence-electron chi connectivity index (χ1n) is 7.99. The number of carbonyl (C=O) groups excluding carboxylic acids is 1. The predicted octanol–water partition coefficient (Wildman–Crippen LogP) is 5.15. The maximum Gasteiger partial charge on any atom is 0.407 e. The lowest BCUT2D eigenvalue weighted by atomic mass is 10.1. The molecule has 0 bridgehead atoms. The van der Waals surface area contributed by atoms with Gasteiger partial charge in [0.05, 0.1) is 12.1 Å². The number of hydrogen-bond donors (Lipinski definition) is 1. The second-order valence-electron chi connectivity index (χ2n) is 6.78. The number of rotatable bonds is 5. The van der Waals surface area contributed by atoms with Gasteiger partial charge in [0.25, 0.3) is 0 Å². The number of hydrogen-bond acceptors (Lipinski definition) is 3. The van der Waals surface area contributed by atoms with Gasteiger partial charge in [0.2, 0.25) is 0 Å². The molecule has 1 amide bonds. The molecule has 0 heterocycles. The fraction of sp³-hybridized carbons (Fsp3) is 0.529. The third-order valence-electron chi connectivity index (χ3n) is 3.19. The summed E-state index contributed by atoms with van der Waals surface area (Å²) >= 11 is 0. The number of alkyl halides is 6. The summed E-state index contributed by atoms with van der Waals surface area (Å²) in [5, 5.41) is 2.25. The standard InChI is InChI=1S/C17H19F6N3O2/c1-15(2,3)28-14(27)25-7-8-26(10-16(18,19)20)11-5-6-13(24-4)12(9-11)17(21,22)23/h5-6,9H,7-8,10H2,1-3H3,(H,25,27). The highest BCUT2D eigenvalue weighted by molar-refractivity contribution is 5.68. The number of nitrogens with zero attached hydrogens (tertiary/aromatic N) is 2. The number of amides is 1. The molecule has 1 N–H and O–H groups in total. The number of anilines is 1. The van der Waals surface area contributed by atoms with Crippen LogP contribution in [0.15, 0.2) is 18.2 Å². The van der Waals surface area contributed by atoms with E-state index in [4.69, 9.17) is 11.3 Å². The van der Waals surface area contributed by atoms with Gasteiger partial charge in [-0.2, -0.15) is 26.3 Å². The quantitative estimate of drug-likeness (QED) is 0.539. The van der Waals surface area contributed by atoms with Crippen LogP contribution in [-0.2, 0) is 10.9 Å². The molecule has 0 unspecified atom stereocenters. The monoisotopic (exact) mass is 411 g/mol. The van der Waals surface area contributed by atoms with E-state index in [9.17, 15) is 31.1 Å². The highest BCUT2D eigenvalue weighted by Gasteiger charge is 2.35. The number of benzene rings is 1. The van der Waals surface area contributed by atoms with Crippen LogP contribution < -0.4 is 10.2 Å². The average molecular weight is 411 g/mol. The highest BCUT2D eigenvalue weighted by Crippen LogP contribution is 2.39. The number of alkyl carbamates (subject to hydrolysis) is 1. The first kappa shape index (κ1) is 23.4. The highest BCUT2D eigenvalue weighted by atomic mass is 19.4. The van der Waals surface area contributed by atoms with Gasteiger partial charge in [0.15, 0.2) is 5.69 Å². The third kappa shape index (κ3) is 7.94. The largest absolute Gasteiger partial charge is 0.444 e. The molecule has 0 atom stereocenters. The summed E-state index contributed by atoms with van der Waals surface area (Å²) in [5.41, 5.74) is -3.22. The summed E-state index contributed by atoms with van der Waals surface area (Å²) in [6.45, 7) is 9.33. The zero-order valence-electron chi connectivity index (χ0n) is 15.3. The first-order chi connectivity index (χ1) is 12.6. The van der Waals surface area contributed by atoms with Crippen LogP contribution in [0.5, 0.6) is 0 Å². The van der Waals surface area contributed by atoms with E-state index in [1.165, 1.54) is 0 Å². The topological polar surface area (TPSA) is 45.9 Å². The van der Waals surface area contributed by atoms with E-state index < -0.39 is 48.4 Å². The molecule has 0 aromatic heterocycles. The van der Waals surface area contributed by atoms with Crippen molar-refractivity contribution in [1.82, 2.24) is 5.32 Å². The molecule has 11 heteroatoms. The number of ether oxygens (including phenoxy) is 1. The van der Waals surface area contributed by atoms with Crippen LogP contribution in [0.25, 0.3) is 4.85 Å². The number of carbonyl (C=O) groups is 1. The Morgan fingerprint density at radius 2 is 1.79 bits per heavy atom. The minimum absolute atomic E-state index is 0.295. The Bertz CT molecular complexity index is 732. The van der Waals surface area contributed by atoms with Crippen molar-refractivity contribution in [3.63, 3.8) is 0 Å². The van der Waals surface area contributed by atoms with Gasteiger partial charge in [-0.3, -0.25) is 0 Å². The second kappa shape index (κ2) is 8.58. The van der Waals surface area contributed by atoms with Crippen LogP contribution in [0.3, 0.4) is 0 Å². The van der Waals surface area contributed by atoms with Crippen LogP contribution in [0.2, 0.25) is 0 Å². The van der Waals surface area contributed by atoms with Gasteiger partial charge < -0.3 is 15.0 Å². The summed E-state index contributed by atoms with van der Waals surface area (Å²) in [7, 11) is 0. The Morgan fingerprint density at radius 1 is 1.18 bits per heavy atom. The molecule has 0 spiro atoms. The van der Waals surface area contributed by atoms with Crippen molar-refractivity contribution in [2.75, 3.05) is 24.5 Å². The minimum Gasteiger partial charge on any atom is -0.444 e. The molecule has 1 rings (SSSR count). The number of nitrogens with one attached hydrogen (secondary N) is 1. The Balaban J connectivity index is 3.03. The van der Waals surface area contributed by atoms with Crippen molar-refractivity contribution < 1.29 is 35.9 Å². The van der Waals surface area contributed by atoms with Gasteiger partial charge >= 0.3 is 18.4 Å². The van der Waals surface area contributed by atoms with E-state index in [0.717, 1.165) is 12.1 Å². The lowest BCUT2D eigenvalue weighted by molar-refractivity contribution is -0.136. The molecule has 1 aromatic carbocycles. The normalized spacial score (nSPS) is 12.3. The Labute approximate surface area is 158 Å². The van der Waals surface area contributed by atoms with E-state index in [1.807, 2.05) is 0 Å². The van der Waals surface area contributed by atoms with Gasteiger partial charge in [0.1, 0.15) is 12.1 Å². The van der Waals surface area contributed by atoms with Crippen LogP contribution in [-0.4, -0.2) is 37.5 Å². The lowest BCUT2D eigenvalue weighted by Gasteiger charge is -2.27. The van der Waals surface area contributed by atoms with Crippen molar-refractivity contribution in [1.29, 1.82) is 0 Å². The SMILES string of the molecule is [C-]#[N+]c1ccc(N(CCNC(=O)OC(C)(C)C)CC(F)(F)F)cc1C(F)(F)F. The van der Waals surface area contributed by atoms with Crippen molar-refractivity contribution in [3.8, 4) is 0 Å². The molecular weight excluding hydrogens is 392 g/mol. The van der Waals surface area contributed by atoms with Gasteiger partial charge in [-0.05, 0) is 32.9 Å². The molecule has 156 valence electrons. The molecule has 0 radical (unpaired) electrons. The molecule has 0 saturated carbocycles. The van der Waals surface area contributed by atoms with Crippen molar-refractivity contribution in [3.05, 3.63) is 35.2 Å². The molecule has 28 heavy (non-hydrogen) atoms. The summed E-state index contributed by atoms with van der Waals surface area (Å²) in [5.74, 6) is 0. The maximum absolute atomic E-state index is 13.1. The zero-order chi connectivity index (χ0) is 21.8. The van der Waals surface area contributed by atoms with E-state index in [1.54, 1.807) is 20.8 Å². The summed E-state index contributed by atoms with van der Waals surface area (Å²) in [6, 6.07) is 2.31. The van der Waals surface area contributed by atoms with Gasteiger partial charge in [-0.15, -0.1) is 0 Å². The molecule has 5 nitrogen and oxygen atoms in total. The van der Waals surface area contributed by atoms with Crippen molar-refractivity contribution in [2.24, 2.45) is 0 Å². The summed E-state index contributed by atoms with van der Waals surface area (Å²) in [6.07, 6.45) is -10.4. The molecule has 0 fully saturated rings. The van der Waals surface area contributed by atoms with E-state index >= 15 is 0 Å². The molecule has 0 aliphatic carbocycles. The second-order valence-corrected chi connectivity index (χ2v) is 6.78. The van der Waals surface area contributed by atoms with Gasteiger partial charge in [-0.25, -0.2) is 9.64 Å². The average Bonchev–Trinajstić information content (AvgIpc) is 2.49. The van der Waals surface area contributed by atoms with Crippen molar-refractivity contribution >= 4 is 17.5 Å². The van der Waals surface area contributed by atoms with Crippen LogP contribution in [0.1, 0.15) is 26.3 Å². The fourth-order valence-corrected chi connectivity index (χ4v) is 2.17. The van der Waals surface area contributed by atoms with Crippen LogP contribution in [0, 0.1) is 6.57 Å². The summed E-state index contributed by atoms with van der Waals surface area (Å²) in [4.78, 5) is 15.0. The Morgan fingerprint density at radius 3 is 2.25 bits per heavy atom. The predicted molar refractivity (Wildman–Crippen MR) is 90.2 cm³/mol. The minimum atomic E-state index is -4.89. The maximum atomic E-state index is 13.1. The molecular formula is C17H19F6N3O2. The van der Waals surface area contributed by atoms with Crippen LogP contribution >= 0.6 is 0 Å². The molecule has 0 aliphatic heterocycles. The summed E-state index contributed by atoms with van der Waals surface area (Å²) < 4.78 is 82.7. The van der Waals surface area contributed by atoms with Crippen molar-refractivity contribution in [2.45, 2.75) is 38.7 Å².